The molecule has 0 bridgehead atoms. The molecule has 216 valence electrons. The molecular weight excluding hydrogens is 532 g/mol. The SMILES string of the molecule is C[C@H](NC(=O)c1ccc(F)c(F)c1)C(=O)N(C)[C@@H](CC(C)(C)C)C(=O)N1C[C@]2(C[C@H]1C#N)C(=O)Nc1ccccc12. The number of hydrogen-bond acceptors (Lipinski definition) is 5. The van der Waals surface area contributed by atoms with Gasteiger partial charge in [0.1, 0.15) is 18.1 Å². The number of anilines is 1. The fourth-order valence-electron chi connectivity index (χ4n) is 5.59. The van der Waals surface area contributed by atoms with Gasteiger partial charge in [-0.2, -0.15) is 5.26 Å². The van der Waals surface area contributed by atoms with Crippen molar-refractivity contribution < 1.29 is 28.0 Å². The zero-order valence-electron chi connectivity index (χ0n) is 23.6. The van der Waals surface area contributed by atoms with E-state index in [1.165, 1.54) is 23.8 Å². The number of likely N-dealkylation sites (N-methyl/N-ethyl adjacent to an activating group) is 1. The third-order valence-electron chi connectivity index (χ3n) is 7.72. The zero-order chi connectivity index (χ0) is 30.3. The van der Waals surface area contributed by atoms with Crippen molar-refractivity contribution in [2.24, 2.45) is 5.41 Å². The number of hydrogen-bond donors (Lipinski definition) is 2. The Kier molecular flexibility index (Phi) is 7.89. The molecule has 2 aromatic rings. The molecule has 2 heterocycles. The second-order valence-corrected chi connectivity index (χ2v) is 12.0. The normalized spacial score (nSPS) is 21.1. The van der Waals surface area contributed by atoms with Crippen LogP contribution >= 0.6 is 0 Å². The van der Waals surface area contributed by atoms with Crippen LogP contribution in [-0.2, 0) is 19.8 Å². The number of nitrogens with zero attached hydrogens (tertiary/aromatic N) is 3. The Balaban J connectivity index is 1.58. The molecule has 2 N–H and O–H groups in total. The topological polar surface area (TPSA) is 123 Å². The van der Waals surface area contributed by atoms with Crippen molar-refractivity contribution >= 4 is 29.3 Å². The van der Waals surface area contributed by atoms with Gasteiger partial charge in [0.15, 0.2) is 11.6 Å². The molecule has 0 aromatic heterocycles. The lowest BCUT2D eigenvalue weighted by atomic mass is 9.80. The highest BCUT2D eigenvalue weighted by Gasteiger charge is 2.56. The first-order chi connectivity index (χ1) is 19.2. The molecule has 0 unspecified atom stereocenters. The molecule has 1 saturated heterocycles. The Morgan fingerprint density at radius 1 is 1.20 bits per heavy atom. The largest absolute Gasteiger partial charge is 0.341 e. The van der Waals surface area contributed by atoms with E-state index in [1.54, 1.807) is 18.2 Å². The van der Waals surface area contributed by atoms with Crippen molar-refractivity contribution in [2.75, 3.05) is 18.9 Å². The second-order valence-electron chi connectivity index (χ2n) is 12.0. The van der Waals surface area contributed by atoms with Gasteiger partial charge in [0.25, 0.3) is 5.91 Å². The van der Waals surface area contributed by atoms with Gasteiger partial charge >= 0.3 is 0 Å². The lowest BCUT2D eigenvalue weighted by molar-refractivity contribution is -0.146. The van der Waals surface area contributed by atoms with Crippen LogP contribution in [0.3, 0.4) is 0 Å². The average Bonchev–Trinajstić information content (AvgIpc) is 3.44. The molecule has 2 aliphatic rings. The van der Waals surface area contributed by atoms with Gasteiger partial charge in [-0.1, -0.05) is 39.0 Å². The predicted octanol–water partition coefficient (Wildman–Crippen LogP) is 3.36. The van der Waals surface area contributed by atoms with Gasteiger partial charge in [0, 0.05) is 31.3 Å². The smallest absolute Gasteiger partial charge is 0.252 e. The monoisotopic (exact) mass is 565 g/mol. The van der Waals surface area contributed by atoms with Crippen LogP contribution in [0.15, 0.2) is 42.5 Å². The maximum atomic E-state index is 14.1. The van der Waals surface area contributed by atoms with E-state index in [0.717, 1.165) is 23.8 Å². The van der Waals surface area contributed by atoms with Gasteiger partial charge in [0.05, 0.1) is 11.5 Å². The Labute approximate surface area is 237 Å². The first kappa shape index (κ1) is 29.6. The van der Waals surface area contributed by atoms with Crippen molar-refractivity contribution in [1.29, 1.82) is 5.26 Å². The molecule has 11 heteroatoms. The Morgan fingerprint density at radius 2 is 1.88 bits per heavy atom. The van der Waals surface area contributed by atoms with Gasteiger partial charge < -0.3 is 20.4 Å². The summed E-state index contributed by atoms with van der Waals surface area (Å²) in [5.41, 5.74) is -0.279. The number of carbonyl (C=O) groups is 4. The number of para-hydroxylation sites is 1. The van der Waals surface area contributed by atoms with Crippen molar-refractivity contribution in [2.45, 2.75) is 64.1 Å². The highest BCUT2D eigenvalue weighted by atomic mass is 19.2. The third-order valence-corrected chi connectivity index (χ3v) is 7.72. The fraction of sp³-hybridized carbons (Fsp3) is 0.433. The van der Waals surface area contributed by atoms with Crippen LogP contribution in [0, 0.1) is 28.4 Å². The Bertz CT molecular complexity index is 1450. The molecular formula is C30H33F2N5O4. The highest BCUT2D eigenvalue weighted by Crippen LogP contribution is 2.46. The van der Waals surface area contributed by atoms with Crippen LogP contribution in [0.2, 0.25) is 0 Å². The molecule has 4 amide bonds. The summed E-state index contributed by atoms with van der Waals surface area (Å²) in [6, 6.07) is 9.00. The number of carbonyl (C=O) groups excluding carboxylic acids is 4. The van der Waals surface area contributed by atoms with Crippen LogP contribution in [0.4, 0.5) is 14.5 Å². The first-order valence-corrected chi connectivity index (χ1v) is 13.3. The number of amides is 4. The lowest BCUT2D eigenvalue weighted by Gasteiger charge is -2.36. The van der Waals surface area contributed by atoms with E-state index in [4.69, 9.17) is 0 Å². The molecule has 41 heavy (non-hydrogen) atoms. The molecule has 1 spiro atoms. The van der Waals surface area contributed by atoms with E-state index >= 15 is 0 Å². The van der Waals surface area contributed by atoms with E-state index in [2.05, 4.69) is 16.7 Å². The standard InChI is InChI=1S/C30H33F2N5O4/c1-17(34-25(38)18-10-11-21(31)22(32)12-18)26(39)36(5)24(14-29(2,3)4)27(40)37-16-30(13-19(37)15-33)20-8-6-7-9-23(20)35-28(30)41/h6-12,17,19,24H,13-14,16H2,1-5H3,(H,34,38)(H,35,41)/t17-,19-,24-,30-/m0/s1. The van der Waals surface area contributed by atoms with Gasteiger partial charge in [-0.15, -0.1) is 0 Å². The number of nitrogens with one attached hydrogen (secondary N) is 2. The zero-order valence-corrected chi connectivity index (χ0v) is 23.6. The predicted molar refractivity (Wildman–Crippen MR) is 146 cm³/mol. The first-order valence-electron chi connectivity index (χ1n) is 13.3. The second kappa shape index (κ2) is 10.9. The Morgan fingerprint density at radius 3 is 2.51 bits per heavy atom. The fourth-order valence-corrected chi connectivity index (χ4v) is 5.59. The van der Waals surface area contributed by atoms with Crippen molar-refractivity contribution in [1.82, 2.24) is 15.1 Å². The lowest BCUT2D eigenvalue weighted by Crippen LogP contribution is -2.56. The molecule has 0 aliphatic carbocycles. The van der Waals surface area contributed by atoms with Gasteiger partial charge in [0.2, 0.25) is 17.7 Å². The summed E-state index contributed by atoms with van der Waals surface area (Å²) in [5, 5.41) is 15.3. The van der Waals surface area contributed by atoms with E-state index in [9.17, 15) is 33.2 Å². The Hall–Kier alpha value is -4.33. The summed E-state index contributed by atoms with van der Waals surface area (Å²) in [7, 11) is 1.45. The molecule has 2 aromatic carbocycles. The minimum absolute atomic E-state index is 0.0159. The van der Waals surface area contributed by atoms with Gasteiger partial charge in [-0.05, 0) is 48.6 Å². The van der Waals surface area contributed by atoms with Gasteiger partial charge in [-0.3, -0.25) is 19.2 Å². The van der Waals surface area contributed by atoms with Crippen LogP contribution < -0.4 is 10.6 Å². The molecule has 0 saturated carbocycles. The average molecular weight is 566 g/mol. The number of nitriles is 1. The quantitative estimate of drug-likeness (QED) is 0.556. The summed E-state index contributed by atoms with van der Waals surface area (Å²) in [6.45, 7) is 7.14. The van der Waals surface area contributed by atoms with Crippen molar-refractivity contribution in [3.8, 4) is 6.07 Å². The van der Waals surface area contributed by atoms with Crippen molar-refractivity contribution in [3.05, 3.63) is 65.2 Å². The van der Waals surface area contributed by atoms with Crippen LogP contribution in [-0.4, -0.2) is 65.1 Å². The summed E-state index contributed by atoms with van der Waals surface area (Å²) >= 11 is 0. The van der Waals surface area contributed by atoms with Gasteiger partial charge in [-0.25, -0.2) is 8.78 Å². The summed E-state index contributed by atoms with van der Waals surface area (Å²) < 4.78 is 26.9. The molecule has 1 fully saturated rings. The maximum absolute atomic E-state index is 14.1. The minimum atomic E-state index is -1.20. The number of benzene rings is 2. The molecule has 4 atom stereocenters. The number of rotatable bonds is 6. The minimum Gasteiger partial charge on any atom is -0.341 e. The van der Waals surface area contributed by atoms with Crippen molar-refractivity contribution in [3.63, 3.8) is 0 Å². The van der Waals surface area contributed by atoms with E-state index in [0.29, 0.717) is 5.69 Å². The van der Waals surface area contributed by atoms with E-state index in [1.807, 2.05) is 26.8 Å². The molecule has 9 nitrogen and oxygen atoms in total. The number of halogens is 2. The van der Waals surface area contributed by atoms with E-state index < -0.39 is 58.3 Å². The molecule has 4 rings (SSSR count). The third kappa shape index (κ3) is 5.64. The summed E-state index contributed by atoms with van der Waals surface area (Å²) in [5.74, 6) is -4.43. The van der Waals surface area contributed by atoms with Crippen LogP contribution in [0.1, 0.15) is 56.5 Å². The van der Waals surface area contributed by atoms with Crippen LogP contribution in [0.5, 0.6) is 0 Å². The molecule has 0 radical (unpaired) electrons. The summed E-state index contributed by atoms with van der Waals surface area (Å²) in [4.78, 5) is 56.0. The highest BCUT2D eigenvalue weighted by molar-refractivity contribution is 6.07. The molecule has 2 aliphatic heterocycles. The number of fused-ring (bicyclic) bond motifs is 2. The maximum Gasteiger partial charge on any atom is 0.252 e. The van der Waals surface area contributed by atoms with E-state index in [-0.39, 0.29) is 30.9 Å². The van der Waals surface area contributed by atoms with Crippen LogP contribution in [0.25, 0.3) is 0 Å². The summed E-state index contributed by atoms with van der Waals surface area (Å²) in [6.07, 6.45) is 0.362. The number of likely N-dealkylation sites (tertiary alicyclic amines) is 1.